The summed E-state index contributed by atoms with van der Waals surface area (Å²) in [7, 11) is 0. The highest BCUT2D eigenvalue weighted by Gasteiger charge is 2.13. The molecule has 4 aromatic rings. The number of fused-ring (bicyclic) bond motifs is 1. The van der Waals surface area contributed by atoms with Gasteiger partial charge in [-0.05, 0) is 42.0 Å². The summed E-state index contributed by atoms with van der Waals surface area (Å²) in [5.74, 6) is -0.0988. The van der Waals surface area contributed by atoms with Crippen LogP contribution in [0.4, 0.5) is 14.6 Å². The predicted octanol–water partition coefficient (Wildman–Crippen LogP) is 5.54. The van der Waals surface area contributed by atoms with E-state index in [4.69, 9.17) is 17.3 Å². The molecule has 2 N–H and O–H groups in total. The van der Waals surface area contributed by atoms with Crippen molar-refractivity contribution < 1.29 is 8.78 Å². The number of rotatable bonds is 2. The molecule has 0 spiro atoms. The van der Waals surface area contributed by atoms with Gasteiger partial charge in [-0.1, -0.05) is 23.7 Å². The molecule has 0 saturated heterocycles. The second-order valence-corrected chi connectivity index (χ2v) is 6.84. The van der Waals surface area contributed by atoms with Crippen LogP contribution in [0.3, 0.4) is 0 Å². The van der Waals surface area contributed by atoms with Gasteiger partial charge in [-0.25, -0.2) is 18.7 Å². The summed E-state index contributed by atoms with van der Waals surface area (Å²) in [4.78, 5) is 10.4. The van der Waals surface area contributed by atoms with E-state index in [0.717, 1.165) is 15.8 Å². The molecule has 0 radical (unpaired) electrons. The molecule has 0 amide bonds. The zero-order chi connectivity index (χ0) is 17.6. The summed E-state index contributed by atoms with van der Waals surface area (Å²) in [5, 5.41) is 0.722. The number of thiophene rings is 1. The van der Waals surface area contributed by atoms with E-state index < -0.39 is 5.82 Å². The average molecular weight is 374 g/mol. The first kappa shape index (κ1) is 15.9. The van der Waals surface area contributed by atoms with Gasteiger partial charge >= 0.3 is 0 Å². The van der Waals surface area contributed by atoms with Gasteiger partial charge in [0.2, 0.25) is 0 Å². The van der Waals surface area contributed by atoms with Crippen LogP contribution in [0.15, 0.2) is 48.5 Å². The quantitative estimate of drug-likeness (QED) is 0.502. The molecule has 0 bridgehead atoms. The number of hydrogen-bond acceptors (Lipinski definition) is 4. The standard InChI is InChI=1S/C18H10ClF2N3S/c19-13-7-10(3-6-14(13)21)17-23-16(22)12-8-15(25-18(12)24-17)9-1-4-11(20)5-2-9/h1-8H,(H2,22,23,24). The van der Waals surface area contributed by atoms with Crippen LogP contribution in [0.25, 0.3) is 32.0 Å². The van der Waals surface area contributed by atoms with Crippen molar-refractivity contribution in [3.8, 4) is 21.8 Å². The number of nitrogen functional groups attached to an aromatic ring is 1. The Morgan fingerprint density at radius 2 is 1.64 bits per heavy atom. The van der Waals surface area contributed by atoms with Gasteiger partial charge in [0.1, 0.15) is 22.3 Å². The Bertz CT molecular complexity index is 1090. The number of anilines is 1. The summed E-state index contributed by atoms with van der Waals surface area (Å²) >= 11 is 7.25. The van der Waals surface area contributed by atoms with Gasteiger partial charge in [0.25, 0.3) is 0 Å². The first-order valence-electron chi connectivity index (χ1n) is 7.30. The normalized spacial score (nSPS) is 11.2. The zero-order valence-electron chi connectivity index (χ0n) is 12.6. The molecule has 0 unspecified atom stereocenters. The number of nitrogens with two attached hydrogens (primary N) is 1. The molecular formula is C18H10ClF2N3S. The van der Waals surface area contributed by atoms with Crippen molar-refractivity contribution in [2.24, 2.45) is 0 Å². The Hall–Kier alpha value is -2.57. The Balaban J connectivity index is 1.84. The number of hydrogen-bond donors (Lipinski definition) is 1. The van der Waals surface area contributed by atoms with Crippen molar-refractivity contribution >= 4 is 39.0 Å². The maximum atomic E-state index is 13.3. The van der Waals surface area contributed by atoms with E-state index in [1.54, 1.807) is 18.2 Å². The predicted molar refractivity (Wildman–Crippen MR) is 97.6 cm³/mol. The molecule has 4 rings (SSSR count). The van der Waals surface area contributed by atoms with E-state index in [-0.39, 0.29) is 10.8 Å². The molecular weight excluding hydrogens is 364 g/mol. The van der Waals surface area contributed by atoms with Crippen LogP contribution in [0.1, 0.15) is 0 Å². The molecule has 0 aliphatic rings. The SMILES string of the molecule is Nc1nc(-c2ccc(F)c(Cl)c2)nc2sc(-c3ccc(F)cc3)cc12. The molecule has 0 atom stereocenters. The third-order valence-corrected chi connectivity index (χ3v) is 5.10. The lowest BCUT2D eigenvalue weighted by Gasteiger charge is -2.03. The molecule has 2 aromatic heterocycles. The summed E-state index contributed by atoms with van der Waals surface area (Å²) in [6.45, 7) is 0. The molecule has 2 heterocycles. The summed E-state index contributed by atoms with van der Waals surface area (Å²) in [5.41, 5.74) is 7.52. The molecule has 3 nitrogen and oxygen atoms in total. The topological polar surface area (TPSA) is 51.8 Å². The second kappa shape index (κ2) is 6.06. The minimum Gasteiger partial charge on any atom is -0.383 e. The van der Waals surface area contributed by atoms with Crippen molar-refractivity contribution in [2.75, 3.05) is 5.73 Å². The van der Waals surface area contributed by atoms with E-state index >= 15 is 0 Å². The summed E-state index contributed by atoms with van der Waals surface area (Å²) in [6.07, 6.45) is 0. The molecule has 0 aliphatic heterocycles. The van der Waals surface area contributed by atoms with Crippen LogP contribution in [0, 0.1) is 11.6 Å². The highest BCUT2D eigenvalue weighted by atomic mass is 35.5. The third kappa shape index (κ3) is 2.94. The molecule has 124 valence electrons. The minimum absolute atomic E-state index is 0.00190. The Kier molecular flexibility index (Phi) is 3.86. The van der Waals surface area contributed by atoms with Gasteiger partial charge < -0.3 is 5.73 Å². The van der Waals surface area contributed by atoms with Crippen LogP contribution < -0.4 is 5.73 Å². The van der Waals surface area contributed by atoms with Crippen molar-refractivity contribution in [2.45, 2.75) is 0 Å². The van der Waals surface area contributed by atoms with Gasteiger partial charge in [-0.2, -0.15) is 0 Å². The van der Waals surface area contributed by atoms with Gasteiger partial charge in [0, 0.05) is 10.4 Å². The smallest absolute Gasteiger partial charge is 0.163 e. The van der Waals surface area contributed by atoms with Crippen LogP contribution in [-0.2, 0) is 0 Å². The fraction of sp³-hybridized carbons (Fsp3) is 0. The average Bonchev–Trinajstić information content (AvgIpc) is 3.02. The van der Waals surface area contributed by atoms with Crippen molar-refractivity contribution in [1.29, 1.82) is 0 Å². The molecule has 25 heavy (non-hydrogen) atoms. The number of nitrogens with zero attached hydrogens (tertiary/aromatic N) is 2. The lowest BCUT2D eigenvalue weighted by molar-refractivity contribution is 0.628. The maximum Gasteiger partial charge on any atom is 0.163 e. The van der Waals surface area contributed by atoms with Crippen molar-refractivity contribution in [3.05, 3.63) is 65.2 Å². The molecule has 0 aliphatic carbocycles. The second-order valence-electron chi connectivity index (χ2n) is 5.40. The van der Waals surface area contributed by atoms with Crippen LogP contribution >= 0.6 is 22.9 Å². The maximum absolute atomic E-state index is 13.3. The first-order chi connectivity index (χ1) is 12.0. The van der Waals surface area contributed by atoms with Gasteiger partial charge in [-0.3, -0.25) is 0 Å². The first-order valence-corrected chi connectivity index (χ1v) is 8.49. The third-order valence-electron chi connectivity index (χ3n) is 3.73. The van der Waals surface area contributed by atoms with E-state index in [1.165, 1.54) is 35.6 Å². The number of benzene rings is 2. The van der Waals surface area contributed by atoms with E-state index in [2.05, 4.69) is 9.97 Å². The highest BCUT2D eigenvalue weighted by molar-refractivity contribution is 7.21. The number of halogens is 3. The van der Waals surface area contributed by atoms with Gasteiger partial charge in [-0.15, -0.1) is 11.3 Å². The van der Waals surface area contributed by atoms with Crippen LogP contribution in [-0.4, -0.2) is 9.97 Å². The summed E-state index contributed by atoms with van der Waals surface area (Å²) in [6, 6.07) is 12.4. The Morgan fingerprint density at radius 1 is 0.920 bits per heavy atom. The van der Waals surface area contributed by atoms with Crippen LogP contribution in [0.5, 0.6) is 0 Å². The van der Waals surface area contributed by atoms with Crippen molar-refractivity contribution in [3.63, 3.8) is 0 Å². The fourth-order valence-corrected chi connectivity index (χ4v) is 3.69. The van der Waals surface area contributed by atoms with Gasteiger partial charge in [0.05, 0.1) is 10.4 Å². The molecule has 2 aromatic carbocycles. The lowest BCUT2D eigenvalue weighted by atomic mass is 10.1. The van der Waals surface area contributed by atoms with Crippen LogP contribution in [0.2, 0.25) is 5.02 Å². The van der Waals surface area contributed by atoms with E-state index in [9.17, 15) is 8.78 Å². The molecule has 7 heteroatoms. The summed E-state index contributed by atoms with van der Waals surface area (Å²) < 4.78 is 26.4. The largest absolute Gasteiger partial charge is 0.383 e. The zero-order valence-corrected chi connectivity index (χ0v) is 14.2. The monoisotopic (exact) mass is 373 g/mol. The lowest BCUT2D eigenvalue weighted by Crippen LogP contribution is -1.96. The number of aromatic nitrogens is 2. The minimum atomic E-state index is -0.505. The van der Waals surface area contributed by atoms with E-state index in [0.29, 0.717) is 22.0 Å². The fourth-order valence-electron chi connectivity index (χ4n) is 2.46. The van der Waals surface area contributed by atoms with E-state index in [1.807, 2.05) is 6.07 Å². The van der Waals surface area contributed by atoms with Crippen molar-refractivity contribution in [1.82, 2.24) is 9.97 Å². The van der Waals surface area contributed by atoms with Gasteiger partial charge in [0.15, 0.2) is 5.82 Å². The Morgan fingerprint density at radius 3 is 2.36 bits per heavy atom. The molecule has 0 fully saturated rings. The Labute approximate surface area is 150 Å². The highest BCUT2D eigenvalue weighted by Crippen LogP contribution is 2.36. The molecule has 0 saturated carbocycles.